The molecule has 0 heterocycles. The number of amides is 1. The standard InChI is InChI=1S/C20H23Cl2N3O3/c1-27-18-6-4-14(12-19(18)28-2)7-9-23-10-8-20(26)25-24-13-15-3-5-16(21)17(22)11-15/h3-6,11-13,23H,7-10H2,1-2H3,(H,25,26)/b24-13+. The maximum absolute atomic E-state index is 11.8. The van der Waals surface area contributed by atoms with Crippen molar-refractivity contribution in [3.8, 4) is 11.5 Å². The van der Waals surface area contributed by atoms with Crippen molar-refractivity contribution in [3.63, 3.8) is 0 Å². The number of nitrogens with zero attached hydrogens (tertiary/aromatic N) is 1. The van der Waals surface area contributed by atoms with Crippen LogP contribution in [0.4, 0.5) is 0 Å². The number of methoxy groups -OCH3 is 2. The summed E-state index contributed by atoms with van der Waals surface area (Å²) in [6.07, 6.45) is 2.66. The second-order valence-electron chi connectivity index (χ2n) is 5.91. The summed E-state index contributed by atoms with van der Waals surface area (Å²) in [6, 6.07) is 10.9. The molecule has 0 aliphatic carbocycles. The van der Waals surface area contributed by atoms with E-state index < -0.39 is 0 Å². The monoisotopic (exact) mass is 423 g/mol. The van der Waals surface area contributed by atoms with Crippen LogP contribution in [-0.4, -0.2) is 39.4 Å². The number of carbonyl (C=O) groups excluding carboxylic acids is 1. The molecule has 0 atom stereocenters. The minimum absolute atomic E-state index is 0.171. The average molecular weight is 424 g/mol. The lowest BCUT2D eigenvalue weighted by atomic mass is 10.1. The number of nitrogens with one attached hydrogen (secondary N) is 2. The largest absolute Gasteiger partial charge is 0.493 e. The van der Waals surface area contributed by atoms with Crippen LogP contribution >= 0.6 is 23.2 Å². The minimum Gasteiger partial charge on any atom is -0.493 e. The predicted molar refractivity (Wildman–Crippen MR) is 113 cm³/mol. The van der Waals surface area contributed by atoms with Crippen LogP contribution in [0.3, 0.4) is 0 Å². The van der Waals surface area contributed by atoms with Crippen molar-refractivity contribution >= 4 is 35.3 Å². The van der Waals surface area contributed by atoms with E-state index in [0.29, 0.717) is 34.5 Å². The molecule has 8 heteroatoms. The van der Waals surface area contributed by atoms with Crippen molar-refractivity contribution in [1.29, 1.82) is 0 Å². The quantitative estimate of drug-likeness (QED) is 0.347. The van der Waals surface area contributed by atoms with Gasteiger partial charge in [-0.25, -0.2) is 5.43 Å². The molecule has 0 spiro atoms. The first-order valence-corrected chi connectivity index (χ1v) is 9.47. The van der Waals surface area contributed by atoms with Gasteiger partial charge in [-0.2, -0.15) is 5.10 Å². The number of hydrazone groups is 1. The van der Waals surface area contributed by atoms with Gasteiger partial charge in [0.2, 0.25) is 5.91 Å². The molecule has 2 N–H and O–H groups in total. The van der Waals surface area contributed by atoms with Crippen molar-refractivity contribution in [2.75, 3.05) is 27.3 Å². The van der Waals surface area contributed by atoms with E-state index >= 15 is 0 Å². The van der Waals surface area contributed by atoms with Crippen LogP contribution in [0.2, 0.25) is 10.0 Å². The molecule has 28 heavy (non-hydrogen) atoms. The highest BCUT2D eigenvalue weighted by Gasteiger charge is 2.05. The lowest BCUT2D eigenvalue weighted by molar-refractivity contribution is -0.120. The molecule has 0 saturated heterocycles. The number of halogens is 2. The van der Waals surface area contributed by atoms with Gasteiger partial charge in [-0.15, -0.1) is 0 Å². The van der Waals surface area contributed by atoms with E-state index in [1.807, 2.05) is 18.2 Å². The van der Waals surface area contributed by atoms with Gasteiger partial charge in [0.05, 0.1) is 30.5 Å². The van der Waals surface area contributed by atoms with E-state index in [0.717, 1.165) is 24.1 Å². The van der Waals surface area contributed by atoms with Gasteiger partial charge < -0.3 is 14.8 Å². The lowest BCUT2D eigenvalue weighted by Crippen LogP contribution is -2.25. The normalized spacial score (nSPS) is 10.9. The summed E-state index contributed by atoms with van der Waals surface area (Å²) >= 11 is 11.8. The molecule has 0 aromatic heterocycles. The highest BCUT2D eigenvalue weighted by atomic mass is 35.5. The fraction of sp³-hybridized carbons (Fsp3) is 0.300. The smallest absolute Gasteiger partial charge is 0.241 e. The maximum atomic E-state index is 11.8. The van der Waals surface area contributed by atoms with Crippen molar-refractivity contribution in [2.45, 2.75) is 12.8 Å². The van der Waals surface area contributed by atoms with Crippen LogP contribution < -0.4 is 20.2 Å². The first-order chi connectivity index (χ1) is 13.5. The Balaban J connectivity index is 1.65. The second kappa shape index (κ2) is 11.5. The number of hydrogen-bond donors (Lipinski definition) is 2. The van der Waals surface area contributed by atoms with E-state index in [4.69, 9.17) is 32.7 Å². The Labute approximate surface area is 174 Å². The third kappa shape index (κ3) is 7.03. The summed E-state index contributed by atoms with van der Waals surface area (Å²) in [4.78, 5) is 11.8. The van der Waals surface area contributed by atoms with Crippen molar-refractivity contribution < 1.29 is 14.3 Å². The van der Waals surface area contributed by atoms with Crippen LogP contribution in [0.5, 0.6) is 11.5 Å². The molecule has 6 nitrogen and oxygen atoms in total. The molecule has 0 aliphatic heterocycles. The molecule has 150 valence electrons. The van der Waals surface area contributed by atoms with Gasteiger partial charge in [0.15, 0.2) is 11.5 Å². The van der Waals surface area contributed by atoms with E-state index in [-0.39, 0.29) is 5.91 Å². The van der Waals surface area contributed by atoms with Gasteiger partial charge in [0.1, 0.15) is 0 Å². The third-order valence-corrected chi connectivity index (χ3v) is 4.65. The van der Waals surface area contributed by atoms with Gasteiger partial charge in [-0.05, 0) is 48.4 Å². The van der Waals surface area contributed by atoms with Crippen LogP contribution in [0, 0.1) is 0 Å². The summed E-state index contributed by atoms with van der Waals surface area (Å²) < 4.78 is 10.5. The lowest BCUT2D eigenvalue weighted by Gasteiger charge is -2.10. The highest BCUT2D eigenvalue weighted by Crippen LogP contribution is 2.27. The number of carbonyl (C=O) groups is 1. The van der Waals surface area contributed by atoms with Crippen LogP contribution in [0.1, 0.15) is 17.5 Å². The van der Waals surface area contributed by atoms with E-state index in [9.17, 15) is 4.79 Å². The van der Waals surface area contributed by atoms with Crippen LogP contribution in [0.25, 0.3) is 0 Å². The Bertz CT molecular complexity index is 828. The average Bonchev–Trinajstić information content (AvgIpc) is 2.70. The number of benzene rings is 2. The SMILES string of the molecule is COc1ccc(CCNCCC(=O)N/N=C/c2ccc(Cl)c(Cl)c2)cc1OC. The summed E-state index contributed by atoms with van der Waals surface area (Å²) in [5.74, 6) is 1.24. The Hall–Kier alpha value is -2.28. The maximum Gasteiger partial charge on any atom is 0.241 e. The van der Waals surface area contributed by atoms with Crippen molar-refractivity contribution in [1.82, 2.24) is 10.7 Å². The zero-order chi connectivity index (χ0) is 20.4. The van der Waals surface area contributed by atoms with Crippen LogP contribution in [0.15, 0.2) is 41.5 Å². The molecule has 2 aromatic rings. The molecular weight excluding hydrogens is 401 g/mol. The molecule has 0 unspecified atom stereocenters. The zero-order valence-electron chi connectivity index (χ0n) is 15.8. The van der Waals surface area contributed by atoms with Gasteiger partial charge in [-0.1, -0.05) is 35.3 Å². The van der Waals surface area contributed by atoms with E-state index in [2.05, 4.69) is 15.8 Å². The van der Waals surface area contributed by atoms with Crippen molar-refractivity contribution in [2.24, 2.45) is 5.10 Å². The second-order valence-corrected chi connectivity index (χ2v) is 6.72. The Morgan fingerprint density at radius 1 is 1.04 bits per heavy atom. The Kier molecular flexibility index (Phi) is 9.07. The Morgan fingerprint density at radius 3 is 2.54 bits per heavy atom. The molecule has 0 fully saturated rings. The number of ether oxygens (including phenoxy) is 2. The van der Waals surface area contributed by atoms with E-state index in [1.165, 1.54) is 6.21 Å². The molecule has 2 aromatic carbocycles. The number of hydrogen-bond acceptors (Lipinski definition) is 5. The predicted octanol–water partition coefficient (Wildman–Crippen LogP) is 3.68. The fourth-order valence-electron chi connectivity index (χ4n) is 2.42. The van der Waals surface area contributed by atoms with Gasteiger partial charge >= 0.3 is 0 Å². The molecule has 0 bridgehead atoms. The molecule has 2 rings (SSSR count). The van der Waals surface area contributed by atoms with Gasteiger partial charge in [0.25, 0.3) is 0 Å². The van der Waals surface area contributed by atoms with E-state index in [1.54, 1.807) is 32.4 Å². The minimum atomic E-state index is -0.171. The van der Waals surface area contributed by atoms with Crippen molar-refractivity contribution in [3.05, 3.63) is 57.6 Å². The summed E-state index contributed by atoms with van der Waals surface area (Å²) in [6.45, 7) is 1.30. The van der Waals surface area contributed by atoms with Gasteiger partial charge in [0, 0.05) is 13.0 Å². The molecule has 0 aliphatic rings. The first-order valence-electron chi connectivity index (χ1n) is 8.72. The fourth-order valence-corrected chi connectivity index (χ4v) is 2.73. The highest BCUT2D eigenvalue weighted by molar-refractivity contribution is 6.42. The topological polar surface area (TPSA) is 72.0 Å². The van der Waals surface area contributed by atoms with Gasteiger partial charge in [-0.3, -0.25) is 4.79 Å². The molecule has 1 amide bonds. The summed E-state index contributed by atoms with van der Waals surface area (Å²) in [5, 5.41) is 8.06. The molecule has 0 radical (unpaired) electrons. The number of rotatable bonds is 10. The summed E-state index contributed by atoms with van der Waals surface area (Å²) in [7, 11) is 3.22. The Morgan fingerprint density at radius 2 is 1.82 bits per heavy atom. The van der Waals surface area contributed by atoms with Crippen LogP contribution in [-0.2, 0) is 11.2 Å². The first kappa shape index (κ1) is 22.0. The third-order valence-electron chi connectivity index (χ3n) is 3.91. The molecule has 0 saturated carbocycles. The summed E-state index contributed by atoms with van der Waals surface area (Å²) in [5.41, 5.74) is 4.36. The molecular formula is C20H23Cl2N3O3. The zero-order valence-corrected chi connectivity index (χ0v) is 17.3.